The van der Waals surface area contributed by atoms with Gasteiger partial charge in [0.1, 0.15) is 0 Å². The Morgan fingerprint density at radius 3 is 2.29 bits per heavy atom. The van der Waals surface area contributed by atoms with Crippen LogP contribution in [-0.4, -0.2) is 21.0 Å². The highest BCUT2D eigenvalue weighted by Gasteiger charge is 2.35. The first-order valence-corrected chi connectivity index (χ1v) is 7.88. The molecule has 1 atom stereocenters. The summed E-state index contributed by atoms with van der Waals surface area (Å²) in [5.74, 6) is -0.0733. The van der Waals surface area contributed by atoms with Crippen molar-refractivity contribution in [2.45, 2.75) is 37.9 Å². The fourth-order valence-electron chi connectivity index (χ4n) is 1.93. The Hall–Kier alpha value is -1.12. The van der Waals surface area contributed by atoms with Gasteiger partial charge in [0.2, 0.25) is 10.0 Å². The average Bonchev–Trinajstić information content (AvgIpc) is 2.34. The molecule has 1 aromatic rings. The summed E-state index contributed by atoms with van der Waals surface area (Å²) in [5.41, 5.74) is 4.21. The molecule has 1 rings (SSSR count). The second kappa shape index (κ2) is 6.33. The zero-order valence-electron chi connectivity index (χ0n) is 12.0. The molecule has 8 heteroatoms. The molecule has 0 aromatic heterocycles. The molecule has 0 saturated carbocycles. The number of rotatable bonds is 5. The van der Waals surface area contributed by atoms with Gasteiger partial charge in [-0.3, -0.25) is 0 Å². The van der Waals surface area contributed by atoms with E-state index in [0.29, 0.717) is 0 Å². The number of hydrogen-bond acceptors (Lipinski definition) is 3. The second-order valence-corrected chi connectivity index (χ2v) is 6.82. The van der Waals surface area contributed by atoms with E-state index in [-0.39, 0.29) is 22.9 Å². The van der Waals surface area contributed by atoms with Crippen molar-refractivity contribution in [3.8, 4) is 0 Å². The Kier molecular flexibility index (Phi) is 5.40. The Morgan fingerprint density at radius 2 is 1.86 bits per heavy atom. The van der Waals surface area contributed by atoms with E-state index < -0.39 is 27.8 Å². The summed E-state index contributed by atoms with van der Waals surface area (Å²) in [6.07, 6.45) is -4.60. The van der Waals surface area contributed by atoms with E-state index in [9.17, 15) is 21.6 Å². The topological polar surface area (TPSA) is 72.2 Å². The van der Waals surface area contributed by atoms with Crippen LogP contribution in [0.4, 0.5) is 13.2 Å². The first-order chi connectivity index (χ1) is 9.50. The highest BCUT2D eigenvalue weighted by Crippen LogP contribution is 2.34. The van der Waals surface area contributed by atoms with Crippen LogP contribution in [0.25, 0.3) is 0 Å². The molecule has 3 N–H and O–H groups in total. The van der Waals surface area contributed by atoms with Crippen LogP contribution in [0.15, 0.2) is 23.1 Å². The standard InChI is InChI=1S/C13H19F3N2O2S/c1-8(2)11(7-17)18-21(19,20)12-6-4-5-10(9(12)3)13(14,15)16/h4-6,8,11,18H,7,17H2,1-3H3. The summed E-state index contributed by atoms with van der Waals surface area (Å²) in [6.45, 7) is 4.76. The first-order valence-electron chi connectivity index (χ1n) is 6.40. The van der Waals surface area contributed by atoms with Crippen LogP contribution < -0.4 is 10.5 Å². The molecule has 1 aromatic carbocycles. The lowest BCUT2D eigenvalue weighted by atomic mass is 10.1. The van der Waals surface area contributed by atoms with Crippen molar-refractivity contribution in [2.24, 2.45) is 11.7 Å². The smallest absolute Gasteiger partial charge is 0.329 e. The van der Waals surface area contributed by atoms with E-state index in [4.69, 9.17) is 5.73 Å². The molecule has 21 heavy (non-hydrogen) atoms. The summed E-state index contributed by atoms with van der Waals surface area (Å²) in [7, 11) is -4.06. The maximum absolute atomic E-state index is 12.8. The van der Waals surface area contributed by atoms with Crippen LogP contribution in [0.3, 0.4) is 0 Å². The molecule has 4 nitrogen and oxygen atoms in total. The number of sulfonamides is 1. The van der Waals surface area contributed by atoms with Crippen molar-refractivity contribution in [1.29, 1.82) is 0 Å². The van der Waals surface area contributed by atoms with Gasteiger partial charge < -0.3 is 5.73 Å². The van der Waals surface area contributed by atoms with Crippen LogP contribution in [0, 0.1) is 12.8 Å². The molecule has 0 fully saturated rings. The number of benzene rings is 1. The first kappa shape index (κ1) is 17.9. The zero-order chi connectivity index (χ0) is 16.4. The third-order valence-corrected chi connectivity index (χ3v) is 4.88. The third kappa shape index (κ3) is 4.18. The van der Waals surface area contributed by atoms with Gasteiger partial charge in [-0.05, 0) is 30.5 Å². The molecular weight excluding hydrogens is 305 g/mol. The van der Waals surface area contributed by atoms with Crippen molar-refractivity contribution in [3.05, 3.63) is 29.3 Å². The predicted molar refractivity (Wildman–Crippen MR) is 74.2 cm³/mol. The number of nitrogens with one attached hydrogen (secondary N) is 1. The van der Waals surface area contributed by atoms with Crippen molar-refractivity contribution in [2.75, 3.05) is 6.54 Å². The number of nitrogens with two attached hydrogens (primary N) is 1. The summed E-state index contributed by atoms with van der Waals surface area (Å²) >= 11 is 0. The van der Waals surface area contributed by atoms with Crippen molar-refractivity contribution in [3.63, 3.8) is 0 Å². The Balaban J connectivity index is 3.27. The van der Waals surface area contributed by atoms with E-state index in [0.717, 1.165) is 25.1 Å². The van der Waals surface area contributed by atoms with Gasteiger partial charge in [-0.25, -0.2) is 13.1 Å². The van der Waals surface area contributed by atoms with E-state index in [1.165, 1.54) is 0 Å². The lowest BCUT2D eigenvalue weighted by molar-refractivity contribution is -0.138. The van der Waals surface area contributed by atoms with Gasteiger partial charge in [0.15, 0.2) is 0 Å². The minimum atomic E-state index is -4.60. The predicted octanol–water partition coefficient (Wildman–Crippen LogP) is 2.28. The monoisotopic (exact) mass is 324 g/mol. The van der Waals surface area contributed by atoms with Crippen molar-refractivity contribution in [1.82, 2.24) is 4.72 Å². The molecule has 0 aliphatic rings. The molecule has 0 bridgehead atoms. The summed E-state index contributed by atoms with van der Waals surface area (Å²) in [6, 6.07) is 2.55. The largest absolute Gasteiger partial charge is 0.416 e. The van der Waals surface area contributed by atoms with Gasteiger partial charge in [-0.15, -0.1) is 0 Å². The summed E-state index contributed by atoms with van der Waals surface area (Å²) in [4.78, 5) is -0.378. The molecule has 0 heterocycles. The molecular formula is C13H19F3N2O2S. The summed E-state index contributed by atoms with van der Waals surface area (Å²) in [5, 5.41) is 0. The van der Waals surface area contributed by atoms with Crippen LogP contribution in [0.2, 0.25) is 0 Å². The quantitative estimate of drug-likeness (QED) is 0.873. The number of hydrogen-bond donors (Lipinski definition) is 2. The third-order valence-electron chi connectivity index (χ3n) is 3.24. The normalized spacial score (nSPS) is 14.5. The van der Waals surface area contributed by atoms with Gasteiger partial charge in [-0.2, -0.15) is 13.2 Å². The molecule has 0 saturated heterocycles. The van der Waals surface area contributed by atoms with Crippen LogP contribution in [0.5, 0.6) is 0 Å². The minimum absolute atomic E-state index is 0.0644. The lowest BCUT2D eigenvalue weighted by Gasteiger charge is -2.22. The van der Waals surface area contributed by atoms with Crippen molar-refractivity contribution >= 4 is 10.0 Å². The molecule has 0 spiro atoms. The highest BCUT2D eigenvalue weighted by molar-refractivity contribution is 7.89. The van der Waals surface area contributed by atoms with Crippen LogP contribution in [0.1, 0.15) is 25.0 Å². The minimum Gasteiger partial charge on any atom is -0.329 e. The Labute approximate surface area is 122 Å². The van der Waals surface area contributed by atoms with Crippen LogP contribution >= 0.6 is 0 Å². The fourth-order valence-corrected chi connectivity index (χ4v) is 3.60. The molecule has 0 aliphatic carbocycles. The maximum Gasteiger partial charge on any atom is 0.416 e. The van der Waals surface area contributed by atoms with Gasteiger partial charge in [-0.1, -0.05) is 19.9 Å². The molecule has 120 valence electrons. The van der Waals surface area contributed by atoms with E-state index >= 15 is 0 Å². The maximum atomic E-state index is 12.8. The molecule has 0 amide bonds. The van der Waals surface area contributed by atoms with E-state index in [2.05, 4.69) is 4.72 Å². The van der Waals surface area contributed by atoms with Crippen LogP contribution in [-0.2, 0) is 16.2 Å². The molecule has 0 radical (unpaired) electrons. The zero-order valence-corrected chi connectivity index (χ0v) is 12.8. The highest BCUT2D eigenvalue weighted by atomic mass is 32.2. The fraction of sp³-hybridized carbons (Fsp3) is 0.538. The molecule has 0 aliphatic heterocycles. The van der Waals surface area contributed by atoms with Gasteiger partial charge in [0, 0.05) is 12.6 Å². The van der Waals surface area contributed by atoms with Crippen molar-refractivity contribution < 1.29 is 21.6 Å². The average molecular weight is 324 g/mol. The van der Waals surface area contributed by atoms with Gasteiger partial charge in [0.25, 0.3) is 0 Å². The Morgan fingerprint density at radius 1 is 1.29 bits per heavy atom. The number of halogens is 3. The SMILES string of the molecule is Cc1c(C(F)(F)F)cccc1S(=O)(=O)NC(CN)C(C)C. The molecule has 1 unspecified atom stereocenters. The van der Waals surface area contributed by atoms with Gasteiger partial charge in [0.05, 0.1) is 10.5 Å². The Bertz CT molecular complexity index is 598. The summed E-state index contributed by atoms with van der Waals surface area (Å²) < 4.78 is 65.4. The number of alkyl halides is 3. The van der Waals surface area contributed by atoms with Gasteiger partial charge >= 0.3 is 6.18 Å². The van der Waals surface area contributed by atoms with E-state index in [1.807, 2.05) is 0 Å². The lowest BCUT2D eigenvalue weighted by Crippen LogP contribution is -2.43. The van der Waals surface area contributed by atoms with E-state index in [1.54, 1.807) is 13.8 Å². The second-order valence-electron chi connectivity index (χ2n) is 5.13.